The van der Waals surface area contributed by atoms with Gasteiger partial charge in [0.05, 0.1) is 23.2 Å². The number of aryl methyl sites for hydroxylation is 1. The molecule has 1 amide bonds. The normalized spacial score (nSPS) is 13.8. The monoisotopic (exact) mass is 302 g/mol. The maximum absolute atomic E-state index is 12.6. The Hall–Kier alpha value is -1.98. The highest BCUT2D eigenvalue weighted by atomic mass is 16.5. The van der Waals surface area contributed by atoms with E-state index in [0.717, 1.165) is 11.1 Å². The zero-order valence-electron chi connectivity index (χ0n) is 13.2. The minimum Gasteiger partial charge on any atom is -0.396 e. The molecule has 1 unspecified atom stereocenters. The molecule has 0 bridgehead atoms. The van der Waals surface area contributed by atoms with Gasteiger partial charge < -0.3 is 15.2 Å². The number of pyridine rings is 1. The first-order chi connectivity index (χ1) is 10.5. The average Bonchev–Trinajstić information content (AvgIpc) is 2.46. The number of ether oxygens (including phenoxy) is 1. The van der Waals surface area contributed by atoms with Crippen molar-refractivity contribution in [2.45, 2.75) is 25.8 Å². The van der Waals surface area contributed by atoms with Crippen molar-refractivity contribution in [3.8, 4) is 0 Å². The summed E-state index contributed by atoms with van der Waals surface area (Å²) in [4.78, 5) is 17.1. The maximum atomic E-state index is 12.6. The molecule has 1 heterocycles. The first kappa shape index (κ1) is 16.4. The molecule has 1 aromatic heterocycles. The highest BCUT2D eigenvalue weighted by Crippen LogP contribution is 2.19. The van der Waals surface area contributed by atoms with Gasteiger partial charge in [-0.2, -0.15) is 0 Å². The Balaban J connectivity index is 2.35. The zero-order chi connectivity index (χ0) is 16.2. The number of nitrogens with one attached hydrogen (secondary N) is 1. The van der Waals surface area contributed by atoms with Crippen molar-refractivity contribution in [3.63, 3.8) is 0 Å². The quantitative estimate of drug-likeness (QED) is 0.857. The third-order valence-electron chi connectivity index (χ3n) is 3.65. The number of nitrogens with zero attached hydrogens (tertiary/aromatic N) is 1. The molecule has 5 nitrogen and oxygen atoms in total. The average molecular weight is 302 g/mol. The van der Waals surface area contributed by atoms with Gasteiger partial charge >= 0.3 is 0 Å². The van der Waals surface area contributed by atoms with Gasteiger partial charge in [-0.05, 0) is 32.4 Å². The van der Waals surface area contributed by atoms with Crippen LogP contribution in [0, 0.1) is 6.92 Å². The van der Waals surface area contributed by atoms with E-state index in [1.807, 2.05) is 38.1 Å². The Morgan fingerprint density at radius 2 is 2.14 bits per heavy atom. The zero-order valence-corrected chi connectivity index (χ0v) is 13.2. The van der Waals surface area contributed by atoms with Gasteiger partial charge in [-0.1, -0.05) is 18.2 Å². The number of aromatic nitrogens is 1. The molecule has 0 aliphatic heterocycles. The van der Waals surface area contributed by atoms with Crippen LogP contribution in [0.5, 0.6) is 0 Å². The van der Waals surface area contributed by atoms with Crippen molar-refractivity contribution in [1.82, 2.24) is 10.3 Å². The highest BCUT2D eigenvalue weighted by Gasteiger charge is 2.27. The van der Waals surface area contributed by atoms with Gasteiger partial charge in [0.15, 0.2) is 0 Å². The van der Waals surface area contributed by atoms with E-state index in [4.69, 9.17) is 4.74 Å². The van der Waals surface area contributed by atoms with Crippen molar-refractivity contribution in [1.29, 1.82) is 0 Å². The first-order valence-electron chi connectivity index (χ1n) is 7.28. The van der Waals surface area contributed by atoms with Crippen molar-refractivity contribution in [3.05, 3.63) is 41.6 Å². The smallest absolute Gasteiger partial charge is 0.253 e. The number of fused-ring (bicyclic) bond motifs is 1. The van der Waals surface area contributed by atoms with Crippen LogP contribution in [0.2, 0.25) is 0 Å². The van der Waals surface area contributed by atoms with E-state index in [9.17, 15) is 9.90 Å². The summed E-state index contributed by atoms with van der Waals surface area (Å²) in [6, 6.07) is 9.41. The van der Waals surface area contributed by atoms with Gasteiger partial charge in [0.2, 0.25) is 0 Å². The number of rotatable bonds is 6. The molecule has 0 fully saturated rings. The number of hydrogen-bond donors (Lipinski definition) is 2. The summed E-state index contributed by atoms with van der Waals surface area (Å²) < 4.78 is 5.16. The second-order valence-corrected chi connectivity index (χ2v) is 5.75. The predicted molar refractivity (Wildman–Crippen MR) is 85.9 cm³/mol. The number of aliphatic hydroxyl groups is 1. The lowest BCUT2D eigenvalue weighted by molar-refractivity contribution is 0.0727. The Morgan fingerprint density at radius 1 is 1.36 bits per heavy atom. The molecule has 0 radical (unpaired) electrons. The van der Waals surface area contributed by atoms with Crippen LogP contribution in [0.15, 0.2) is 30.3 Å². The molecular formula is C17H22N2O3. The molecule has 0 aliphatic carbocycles. The number of aliphatic hydroxyl groups excluding tert-OH is 1. The third kappa shape index (κ3) is 3.61. The van der Waals surface area contributed by atoms with Crippen LogP contribution < -0.4 is 5.32 Å². The molecule has 1 atom stereocenters. The summed E-state index contributed by atoms with van der Waals surface area (Å²) in [6.07, 6.45) is 0.420. The predicted octanol–water partition coefficient (Wildman–Crippen LogP) is 2.06. The molecule has 0 spiro atoms. The van der Waals surface area contributed by atoms with Gasteiger partial charge in [0, 0.05) is 24.8 Å². The molecule has 2 N–H and O–H groups in total. The van der Waals surface area contributed by atoms with E-state index < -0.39 is 5.54 Å². The molecule has 1 aromatic carbocycles. The fourth-order valence-electron chi connectivity index (χ4n) is 2.51. The summed E-state index contributed by atoms with van der Waals surface area (Å²) in [7, 11) is 1.57. The first-order valence-corrected chi connectivity index (χ1v) is 7.28. The lowest BCUT2D eigenvalue weighted by Gasteiger charge is -2.29. The van der Waals surface area contributed by atoms with Crippen LogP contribution in [-0.2, 0) is 4.74 Å². The number of amides is 1. The molecule has 0 saturated heterocycles. The largest absolute Gasteiger partial charge is 0.396 e. The summed E-state index contributed by atoms with van der Waals surface area (Å²) in [5.41, 5.74) is 1.46. The van der Waals surface area contributed by atoms with E-state index in [0.29, 0.717) is 24.1 Å². The summed E-state index contributed by atoms with van der Waals surface area (Å²) in [5.74, 6) is -0.211. The minimum atomic E-state index is -0.618. The van der Waals surface area contributed by atoms with E-state index in [-0.39, 0.29) is 12.5 Å². The molecule has 2 rings (SSSR count). The fourth-order valence-corrected chi connectivity index (χ4v) is 2.51. The van der Waals surface area contributed by atoms with E-state index in [1.165, 1.54) is 0 Å². The maximum Gasteiger partial charge on any atom is 0.253 e. The Morgan fingerprint density at radius 3 is 2.82 bits per heavy atom. The van der Waals surface area contributed by atoms with Crippen molar-refractivity contribution in [2.75, 3.05) is 20.3 Å². The topological polar surface area (TPSA) is 71.5 Å². The Kier molecular flexibility index (Phi) is 5.11. The molecule has 0 saturated carbocycles. The second kappa shape index (κ2) is 6.85. The number of carbonyl (C=O) groups excluding carboxylic acids is 1. The molecular weight excluding hydrogens is 280 g/mol. The van der Waals surface area contributed by atoms with Crippen molar-refractivity contribution >= 4 is 16.8 Å². The van der Waals surface area contributed by atoms with E-state index in [1.54, 1.807) is 13.2 Å². The van der Waals surface area contributed by atoms with Gasteiger partial charge in [-0.25, -0.2) is 0 Å². The lowest BCUT2D eigenvalue weighted by Crippen LogP contribution is -2.50. The third-order valence-corrected chi connectivity index (χ3v) is 3.65. The van der Waals surface area contributed by atoms with Crippen LogP contribution in [0.4, 0.5) is 0 Å². The molecule has 22 heavy (non-hydrogen) atoms. The Labute approximate surface area is 130 Å². The SMILES string of the molecule is COCC(C)(CCO)NC(=O)c1cccc2ccc(C)nc12. The number of methoxy groups -OCH3 is 1. The van der Waals surface area contributed by atoms with Crippen LogP contribution in [0.1, 0.15) is 29.4 Å². The van der Waals surface area contributed by atoms with Gasteiger partial charge in [0.1, 0.15) is 0 Å². The van der Waals surface area contributed by atoms with Crippen molar-refractivity contribution < 1.29 is 14.6 Å². The number of para-hydroxylation sites is 1. The molecule has 5 heteroatoms. The van der Waals surface area contributed by atoms with Crippen LogP contribution >= 0.6 is 0 Å². The number of hydrogen-bond acceptors (Lipinski definition) is 4. The fraction of sp³-hybridized carbons (Fsp3) is 0.412. The van der Waals surface area contributed by atoms with Crippen LogP contribution in [0.25, 0.3) is 10.9 Å². The standard InChI is InChI=1S/C17H22N2O3/c1-12-7-8-13-5-4-6-14(15(13)18-12)16(21)19-17(2,9-10-20)11-22-3/h4-8,20H,9-11H2,1-3H3,(H,19,21). The summed E-state index contributed by atoms with van der Waals surface area (Å²) in [5, 5.41) is 13.1. The Bertz CT molecular complexity index is 664. The molecule has 118 valence electrons. The van der Waals surface area contributed by atoms with Gasteiger partial charge in [0.25, 0.3) is 5.91 Å². The summed E-state index contributed by atoms with van der Waals surface area (Å²) >= 11 is 0. The minimum absolute atomic E-state index is 0.0208. The molecule has 0 aliphatic rings. The van der Waals surface area contributed by atoms with Gasteiger partial charge in [-0.15, -0.1) is 0 Å². The number of carbonyl (C=O) groups is 1. The summed E-state index contributed by atoms with van der Waals surface area (Å²) in [6.45, 7) is 4.06. The van der Waals surface area contributed by atoms with Crippen molar-refractivity contribution in [2.24, 2.45) is 0 Å². The second-order valence-electron chi connectivity index (χ2n) is 5.75. The van der Waals surface area contributed by atoms with E-state index >= 15 is 0 Å². The lowest BCUT2D eigenvalue weighted by atomic mass is 9.98. The molecule has 2 aromatic rings. The van der Waals surface area contributed by atoms with E-state index in [2.05, 4.69) is 10.3 Å². The van der Waals surface area contributed by atoms with Crippen LogP contribution in [-0.4, -0.2) is 41.9 Å². The van der Waals surface area contributed by atoms with Gasteiger partial charge in [-0.3, -0.25) is 9.78 Å². The number of benzene rings is 1. The van der Waals surface area contributed by atoms with Crippen LogP contribution in [0.3, 0.4) is 0 Å². The highest BCUT2D eigenvalue weighted by molar-refractivity contribution is 6.05.